The highest BCUT2D eigenvalue weighted by atomic mass is 19.4. The fraction of sp³-hybridized carbons (Fsp3) is 0.455. The predicted octanol–water partition coefficient (Wildman–Crippen LogP) is 7.31. The number of allylic oxidation sites excluding steroid dienone is 2. The van der Waals surface area contributed by atoms with E-state index in [0.717, 1.165) is 24.6 Å². The lowest BCUT2D eigenvalue weighted by Crippen LogP contribution is -2.55. The summed E-state index contributed by atoms with van der Waals surface area (Å²) in [4.78, 5) is 29.2. The number of carbonyl (C=O) groups excluding carboxylic acids is 2. The smallest absolute Gasteiger partial charge is 0.383 e. The quantitative estimate of drug-likeness (QED) is 0.351. The van der Waals surface area contributed by atoms with E-state index in [2.05, 4.69) is 16.7 Å². The first-order valence-corrected chi connectivity index (χ1v) is 14.7. The van der Waals surface area contributed by atoms with Crippen molar-refractivity contribution in [2.75, 3.05) is 11.9 Å². The zero-order chi connectivity index (χ0) is 30.0. The number of anilines is 1. The molecule has 5 nitrogen and oxygen atoms in total. The van der Waals surface area contributed by atoms with E-state index in [9.17, 15) is 27.2 Å². The molecule has 2 aromatic carbocycles. The van der Waals surface area contributed by atoms with Crippen LogP contribution in [-0.2, 0) is 11.0 Å². The van der Waals surface area contributed by atoms with E-state index in [1.807, 2.05) is 12.2 Å². The van der Waals surface area contributed by atoms with E-state index in [4.69, 9.17) is 0 Å². The van der Waals surface area contributed by atoms with E-state index in [0.29, 0.717) is 37.4 Å². The number of carbonyl (C=O) groups is 2. The molecule has 1 unspecified atom stereocenters. The summed E-state index contributed by atoms with van der Waals surface area (Å²) in [6.07, 6.45) is 7.72. The molecule has 2 N–H and O–H groups in total. The Hall–Kier alpha value is -3.62. The first-order valence-electron chi connectivity index (χ1n) is 14.7. The van der Waals surface area contributed by atoms with Crippen molar-refractivity contribution in [3.8, 4) is 0 Å². The van der Waals surface area contributed by atoms with Crippen molar-refractivity contribution in [1.29, 1.82) is 0 Å². The Kier molecular flexibility index (Phi) is 8.76. The lowest BCUT2D eigenvalue weighted by molar-refractivity contribution is -0.138. The molecule has 0 spiro atoms. The molecule has 1 heterocycles. The third-order valence-corrected chi connectivity index (χ3v) is 8.83. The molecular weight excluding hydrogens is 546 g/mol. The van der Waals surface area contributed by atoms with Gasteiger partial charge in [0, 0.05) is 29.9 Å². The molecule has 42 heavy (non-hydrogen) atoms. The normalized spacial score (nSPS) is 23.0. The summed E-state index contributed by atoms with van der Waals surface area (Å²) < 4.78 is 55.6. The van der Waals surface area contributed by atoms with Crippen LogP contribution in [-0.4, -0.2) is 35.3 Å². The van der Waals surface area contributed by atoms with Crippen molar-refractivity contribution in [3.63, 3.8) is 0 Å². The second kappa shape index (κ2) is 12.3. The van der Waals surface area contributed by atoms with Crippen molar-refractivity contribution in [2.45, 2.75) is 77.1 Å². The van der Waals surface area contributed by atoms with Crippen LogP contribution in [0.2, 0.25) is 0 Å². The van der Waals surface area contributed by atoms with Crippen LogP contribution in [0.15, 0.2) is 60.3 Å². The monoisotopic (exact) mass is 583 g/mol. The highest BCUT2D eigenvalue weighted by molar-refractivity contribution is 5.98. The lowest BCUT2D eigenvalue weighted by atomic mass is 9.77. The SMILES string of the molecule is Cc1ccc(NC(=O)[C@@H]2CCCN(C(=O)c3c(C)cccc3F)[C@H]2C2C=CC(NC3CCCC3)=CC2)cc1C(F)(F)F. The number of amides is 2. The number of halogens is 4. The topological polar surface area (TPSA) is 61.4 Å². The van der Waals surface area contributed by atoms with Crippen LogP contribution in [0, 0.1) is 31.5 Å². The zero-order valence-electron chi connectivity index (χ0n) is 23.9. The summed E-state index contributed by atoms with van der Waals surface area (Å²) in [6, 6.07) is 8.05. The molecule has 2 fully saturated rings. The molecule has 2 aliphatic carbocycles. The molecule has 2 amide bonds. The second-order valence-electron chi connectivity index (χ2n) is 11.7. The van der Waals surface area contributed by atoms with Crippen LogP contribution < -0.4 is 10.6 Å². The van der Waals surface area contributed by atoms with Crippen LogP contribution in [0.25, 0.3) is 0 Å². The summed E-state index contributed by atoms with van der Waals surface area (Å²) in [6.45, 7) is 3.41. The van der Waals surface area contributed by atoms with Crippen LogP contribution in [0.4, 0.5) is 23.2 Å². The van der Waals surface area contributed by atoms with E-state index in [-0.39, 0.29) is 22.7 Å². The predicted molar refractivity (Wildman–Crippen MR) is 154 cm³/mol. The Labute approximate surface area is 244 Å². The van der Waals surface area contributed by atoms with Gasteiger partial charge in [-0.2, -0.15) is 13.2 Å². The van der Waals surface area contributed by atoms with E-state index >= 15 is 0 Å². The Morgan fingerprint density at radius 1 is 0.976 bits per heavy atom. The first kappa shape index (κ1) is 29.9. The zero-order valence-corrected chi connectivity index (χ0v) is 23.9. The maximum Gasteiger partial charge on any atom is 0.416 e. The number of aryl methyl sites for hydroxylation is 2. The van der Waals surface area contributed by atoms with Gasteiger partial charge in [0.2, 0.25) is 5.91 Å². The Morgan fingerprint density at radius 2 is 1.74 bits per heavy atom. The van der Waals surface area contributed by atoms with Crippen LogP contribution >= 0.6 is 0 Å². The maximum atomic E-state index is 14.9. The van der Waals surface area contributed by atoms with Crippen molar-refractivity contribution in [3.05, 3.63) is 88.4 Å². The summed E-state index contributed by atoms with van der Waals surface area (Å²) in [5, 5.41) is 6.27. The van der Waals surface area contributed by atoms with E-state index in [1.54, 1.807) is 24.0 Å². The number of alkyl halides is 3. The third kappa shape index (κ3) is 6.40. The Bertz CT molecular complexity index is 1370. The second-order valence-corrected chi connectivity index (χ2v) is 11.7. The van der Waals surface area contributed by atoms with Gasteiger partial charge >= 0.3 is 6.18 Å². The van der Waals surface area contributed by atoms with Gasteiger partial charge in [-0.05, 0) is 81.4 Å². The highest BCUT2D eigenvalue weighted by Gasteiger charge is 2.43. The number of likely N-dealkylation sites (tertiary alicyclic amines) is 1. The van der Waals surface area contributed by atoms with Gasteiger partial charge in [-0.3, -0.25) is 9.59 Å². The number of piperidine rings is 1. The van der Waals surface area contributed by atoms with Gasteiger partial charge in [-0.25, -0.2) is 4.39 Å². The molecule has 1 saturated carbocycles. The minimum atomic E-state index is -4.55. The lowest BCUT2D eigenvalue weighted by Gasteiger charge is -2.44. The Balaban J connectivity index is 1.43. The average molecular weight is 584 g/mol. The molecule has 9 heteroatoms. The fourth-order valence-electron chi connectivity index (χ4n) is 6.66. The van der Waals surface area contributed by atoms with Gasteiger partial charge < -0.3 is 15.5 Å². The maximum absolute atomic E-state index is 14.9. The van der Waals surface area contributed by atoms with Gasteiger partial charge in [0.1, 0.15) is 5.82 Å². The number of hydrogen-bond donors (Lipinski definition) is 2. The van der Waals surface area contributed by atoms with Crippen molar-refractivity contribution in [1.82, 2.24) is 10.2 Å². The number of hydrogen-bond acceptors (Lipinski definition) is 3. The molecule has 5 rings (SSSR count). The van der Waals surface area contributed by atoms with Gasteiger partial charge in [0.25, 0.3) is 5.91 Å². The molecule has 0 bridgehead atoms. The summed E-state index contributed by atoms with van der Waals surface area (Å²) >= 11 is 0. The molecule has 224 valence electrons. The largest absolute Gasteiger partial charge is 0.416 e. The standard InChI is InChI=1S/C33H37F4N3O2/c1-20-12-15-25(19-27(20)33(35,36)37)39-31(41)26-10-6-18-40(32(42)29-21(2)7-5-11-28(29)34)30(26)22-13-16-24(17-14-22)38-23-8-3-4-9-23/h5,7,11-13,15-17,19,22-23,26,30,38H,3-4,6,8-10,14,18H2,1-2H3,(H,39,41)/t22?,26-,30+/m1/s1. The molecule has 1 saturated heterocycles. The van der Waals surface area contributed by atoms with E-state index in [1.165, 1.54) is 38.0 Å². The molecule has 0 radical (unpaired) electrons. The molecule has 0 aromatic heterocycles. The number of nitrogens with zero attached hydrogens (tertiary/aromatic N) is 1. The highest BCUT2D eigenvalue weighted by Crippen LogP contribution is 2.37. The van der Waals surface area contributed by atoms with Gasteiger partial charge in [0.05, 0.1) is 23.1 Å². The minimum absolute atomic E-state index is 0.0177. The average Bonchev–Trinajstić information content (AvgIpc) is 3.46. The number of rotatable bonds is 6. The molecule has 3 aliphatic rings. The van der Waals surface area contributed by atoms with Crippen molar-refractivity contribution >= 4 is 17.5 Å². The molecule has 1 aliphatic heterocycles. The van der Waals surface area contributed by atoms with Crippen molar-refractivity contribution in [2.24, 2.45) is 11.8 Å². The minimum Gasteiger partial charge on any atom is -0.383 e. The van der Waals surface area contributed by atoms with Crippen LogP contribution in [0.3, 0.4) is 0 Å². The summed E-state index contributed by atoms with van der Waals surface area (Å²) in [5.41, 5.74) is 0.802. The number of nitrogens with one attached hydrogen (secondary N) is 2. The Morgan fingerprint density at radius 3 is 2.40 bits per heavy atom. The first-order chi connectivity index (χ1) is 20.0. The molecule has 3 atom stereocenters. The van der Waals surface area contributed by atoms with E-state index < -0.39 is 41.3 Å². The van der Waals surface area contributed by atoms with Crippen LogP contribution in [0.1, 0.15) is 72.0 Å². The third-order valence-electron chi connectivity index (χ3n) is 8.83. The fourth-order valence-corrected chi connectivity index (χ4v) is 6.66. The number of benzene rings is 2. The van der Waals surface area contributed by atoms with Crippen LogP contribution in [0.5, 0.6) is 0 Å². The molecular formula is C33H37F4N3O2. The van der Waals surface area contributed by atoms with Crippen molar-refractivity contribution < 1.29 is 27.2 Å². The van der Waals surface area contributed by atoms with Gasteiger partial charge in [0.15, 0.2) is 0 Å². The molecule has 2 aromatic rings. The van der Waals surface area contributed by atoms with Gasteiger partial charge in [-0.15, -0.1) is 0 Å². The summed E-state index contributed by atoms with van der Waals surface area (Å²) in [5.74, 6) is -2.47. The summed E-state index contributed by atoms with van der Waals surface area (Å²) in [7, 11) is 0. The van der Waals surface area contributed by atoms with Gasteiger partial charge in [-0.1, -0.05) is 43.2 Å².